The number of nitrogens with one attached hydrogen (secondary N) is 1. The fourth-order valence-corrected chi connectivity index (χ4v) is 3.19. The number of halogens is 1. The van der Waals surface area contributed by atoms with Gasteiger partial charge < -0.3 is 14.7 Å². The zero-order valence-corrected chi connectivity index (χ0v) is 15.6. The molecule has 29 heavy (non-hydrogen) atoms. The third-order valence-corrected chi connectivity index (χ3v) is 4.65. The second kappa shape index (κ2) is 8.22. The molecule has 0 spiro atoms. The fraction of sp³-hybridized carbons (Fsp3) is 0.238. The maximum Gasteiger partial charge on any atom is 0.227 e. The summed E-state index contributed by atoms with van der Waals surface area (Å²) in [5, 5.41) is 6.69. The van der Waals surface area contributed by atoms with E-state index in [1.54, 1.807) is 29.2 Å². The average molecular weight is 394 g/mol. The van der Waals surface area contributed by atoms with Gasteiger partial charge in [-0.25, -0.2) is 4.39 Å². The molecule has 7 nitrogen and oxygen atoms in total. The van der Waals surface area contributed by atoms with Gasteiger partial charge in [0.25, 0.3) is 0 Å². The molecule has 4 rings (SSSR count). The summed E-state index contributed by atoms with van der Waals surface area (Å²) < 4.78 is 18.2. The molecule has 2 amide bonds. The molecule has 0 aliphatic carbocycles. The highest BCUT2D eigenvalue weighted by Gasteiger charge is 2.21. The molecule has 3 aromatic rings. The van der Waals surface area contributed by atoms with Crippen LogP contribution in [-0.2, 0) is 16.0 Å². The summed E-state index contributed by atoms with van der Waals surface area (Å²) in [5.74, 6) is 0.241. The Bertz CT molecular complexity index is 1030. The molecule has 1 saturated heterocycles. The Morgan fingerprint density at radius 2 is 2.03 bits per heavy atom. The zero-order chi connectivity index (χ0) is 20.2. The van der Waals surface area contributed by atoms with Gasteiger partial charge in [0.2, 0.25) is 23.5 Å². The van der Waals surface area contributed by atoms with E-state index in [4.69, 9.17) is 4.52 Å². The number of carbonyl (C=O) groups is 2. The van der Waals surface area contributed by atoms with Crippen LogP contribution in [-0.4, -0.2) is 28.5 Å². The van der Waals surface area contributed by atoms with E-state index in [-0.39, 0.29) is 30.5 Å². The number of hydrogen-bond acceptors (Lipinski definition) is 5. The predicted molar refractivity (Wildman–Crippen MR) is 105 cm³/mol. The lowest BCUT2D eigenvalue weighted by Gasteiger charge is -2.16. The lowest BCUT2D eigenvalue weighted by atomic mass is 10.2. The molecule has 0 atom stereocenters. The predicted octanol–water partition coefficient (Wildman–Crippen LogP) is 3.57. The van der Waals surface area contributed by atoms with E-state index in [0.29, 0.717) is 35.9 Å². The van der Waals surface area contributed by atoms with Gasteiger partial charge in [-0.15, -0.1) is 0 Å². The van der Waals surface area contributed by atoms with Crippen LogP contribution in [0.4, 0.5) is 15.8 Å². The van der Waals surface area contributed by atoms with Crippen molar-refractivity contribution in [3.63, 3.8) is 0 Å². The number of anilines is 2. The summed E-state index contributed by atoms with van der Waals surface area (Å²) in [5.41, 5.74) is 2.05. The summed E-state index contributed by atoms with van der Waals surface area (Å²) in [4.78, 5) is 30.1. The Labute approximate surface area is 166 Å². The third-order valence-electron chi connectivity index (χ3n) is 4.65. The van der Waals surface area contributed by atoms with Crippen molar-refractivity contribution in [2.45, 2.75) is 25.7 Å². The number of hydrogen-bond donors (Lipinski definition) is 1. The van der Waals surface area contributed by atoms with Crippen molar-refractivity contribution in [1.29, 1.82) is 0 Å². The summed E-state index contributed by atoms with van der Waals surface area (Å²) in [6.45, 7) is 0.698. The van der Waals surface area contributed by atoms with Crippen molar-refractivity contribution in [1.82, 2.24) is 10.1 Å². The highest BCUT2D eigenvalue weighted by atomic mass is 19.1. The van der Waals surface area contributed by atoms with Crippen molar-refractivity contribution < 1.29 is 18.5 Å². The average Bonchev–Trinajstić information content (AvgIpc) is 3.36. The van der Waals surface area contributed by atoms with Crippen LogP contribution in [0.3, 0.4) is 0 Å². The van der Waals surface area contributed by atoms with Crippen LogP contribution in [0.2, 0.25) is 0 Å². The van der Waals surface area contributed by atoms with E-state index in [1.165, 1.54) is 12.1 Å². The van der Waals surface area contributed by atoms with E-state index in [9.17, 15) is 14.0 Å². The maximum absolute atomic E-state index is 13.0. The van der Waals surface area contributed by atoms with Gasteiger partial charge in [0, 0.05) is 42.7 Å². The van der Waals surface area contributed by atoms with Gasteiger partial charge in [-0.2, -0.15) is 4.98 Å². The molecule has 0 saturated carbocycles. The standard InChI is InChI=1S/C21H19FN4O3/c22-15-8-6-14(7-9-15)21-24-19(29-25-21)11-10-18(27)23-16-3-1-4-17(13-16)26-12-2-5-20(26)28/h1,3-4,6-9,13H,2,5,10-12H2,(H,23,27). The first-order valence-electron chi connectivity index (χ1n) is 9.37. The Hall–Kier alpha value is -3.55. The highest BCUT2D eigenvalue weighted by molar-refractivity contribution is 5.97. The monoisotopic (exact) mass is 394 g/mol. The second-order valence-electron chi connectivity index (χ2n) is 6.77. The molecule has 1 aliphatic rings. The third kappa shape index (κ3) is 4.48. The van der Waals surface area contributed by atoms with Crippen LogP contribution in [0.5, 0.6) is 0 Å². The smallest absolute Gasteiger partial charge is 0.227 e. The number of aryl methyl sites for hydroxylation is 1. The van der Waals surface area contributed by atoms with E-state index in [1.807, 2.05) is 12.1 Å². The van der Waals surface area contributed by atoms with Crippen LogP contribution < -0.4 is 10.2 Å². The van der Waals surface area contributed by atoms with Crippen molar-refractivity contribution in [2.24, 2.45) is 0 Å². The summed E-state index contributed by atoms with van der Waals surface area (Å²) in [7, 11) is 0. The lowest BCUT2D eigenvalue weighted by Crippen LogP contribution is -2.23. The zero-order valence-electron chi connectivity index (χ0n) is 15.6. The largest absolute Gasteiger partial charge is 0.339 e. The minimum atomic E-state index is -0.340. The van der Waals surface area contributed by atoms with Crippen LogP contribution >= 0.6 is 0 Å². The first-order valence-corrected chi connectivity index (χ1v) is 9.37. The molecule has 8 heteroatoms. The van der Waals surface area contributed by atoms with Gasteiger partial charge in [-0.1, -0.05) is 11.2 Å². The minimum absolute atomic E-state index is 0.0989. The van der Waals surface area contributed by atoms with E-state index in [2.05, 4.69) is 15.5 Å². The Kier molecular flexibility index (Phi) is 5.33. The Balaban J connectivity index is 1.34. The molecule has 1 aliphatic heterocycles. The highest BCUT2D eigenvalue weighted by Crippen LogP contribution is 2.24. The van der Waals surface area contributed by atoms with Crippen LogP contribution in [0, 0.1) is 5.82 Å². The first-order chi connectivity index (χ1) is 14.1. The number of carbonyl (C=O) groups excluding carboxylic acids is 2. The van der Waals surface area contributed by atoms with Crippen LogP contribution in [0.15, 0.2) is 53.1 Å². The SMILES string of the molecule is O=C(CCc1nc(-c2ccc(F)cc2)no1)Nc1cccc(N2CCCC2=O)c1. The van der Waals surface area contributed by atoms with Gasteiger partial charge in [0.05, 0.1) is 0 Å². The molecular weight excluding hydrogens is 375 g/mol. The number of amides is 2. The number of rotatable bonds is 6. The Morgan fingerprint density at radius 1 is 1.21 bits per heavy atom. The van der Waals surface area contributed by atoms with E-state index >= 15 is 0 Å². The van der Waals surface area contributed by atoms with Crippen molar-refractivity contribution in [3.8, 4) is 11.4 Å². The van der Waals surface area contributed by atoms with E-state index < -0.39 is 0 Å². The Morgan fingerprint density at radius 3 is 2.79 bits per heavy atom. The molecule has 0 unspecified atom stereocenters. The molecule has 1 aromatic heterocycles. The van der Waals surface area contributed by atoms with Crippen LogP contribution in [0.1, 0.15) is 25.2 Å². The molecule has 1 N–H and O–H groups in total. The number of aromatic nitrogens is 2. The normalized spacial score (nSPS) is 13.7. The molecule has 1 fully saturated rings. The van der Waals surface area contributed by atoms with E-state index in [0.717, 1.165) is 12.1 Å². The summed E-state index contributed by atoms with van der Waals surface area (Å²) >= 11 is 0. The number of nitrogens with zero attached hydrogens (tertiary/aromatic N) is 3. The lowest BCUT2D eigenvalue weighted by molar-refractivity contribution is -0.117. The second-order valence-corrected chi connectivity index (χ2v) is 6.77. The van der Waals surface area contributed by atoms with Crippen molar-refractivity contribution in [2.75, 3.05) is 16.8 Å². The van der Waals surface area contributed by atoms with Gasteiger partial charge in [-0.3, -0.25) is 9.59 Å². The molecule has 2 aromatic carbocycles. The van der Waals surface area contributed by atoms with Gasteiger partial charge in [-0.05, 0) is 48.9 Å². The molecule has 148 valence electrons. The van der Waals surface area contributed by atoms with Gasteiger partial charge >= 0.3 is 0 Å². The summed E-state index contributed by atoms with van der Waals surface area (Å²) in [6.07, 6.45) is 1.85. The van der Waals surface area contributed by atoms with Gasteiger partial charge in [0.15, 0.2) is 0 Å². The minimum Gasteiger partial charge on any atom is -0.339 e. The topological polar surface area (TPSA) is 88.3 Å². The fourth-order valence-electron chi connectivity index (χ4n) is 3.19. The summed E-state index contributed by atoms with van der Waals surface area (Å²) in [6, 6.07) is 13.0. The molecule has 0 bridgehead atoms. The van der Waals surface area contributed by atoms with Crippen molar-refractivity contribution in [3.05, 3.63) is 60.2 Å². The molecule has 2 heterocycles. The quantitative estimate of drug-likeness (QED) is 0.690. The van der Waals surface area contributed by atoms with Crippen LogP contribution in [0.25, 0.3) is 11.4 Å². The molecular formula is C21H19FN4O3. The van der Waals surface area contributed by atoms with Crippen molar-refractivity contribution >= 4 is 23.2 Å². The van der Waals surface area contributed by atoms with Gasteiger partial charge in [0.1, 0.15) is 5.82 Å². The first kappa shape index (κ1) is 18.8. The maximum atomic E-state index is 13.0. The number of benzene rings is 2. The molecule has 0 radical (unpaired) electrons.